The van der Waals surface area contributed by atoms with Crippen LogP contribution in [-0.2, 0) is 0 Å². The Morgan fingerprint density at radius 1 is 1.24 bits per heavy atom. The molecule has 0 bridgehead atoms. The first-order valence-electron chi connectivity index (χ1n) is 6.46. The van der Waals surface area contributed by atoms with Crippen molar-refractivity contribution in [2.75, 3.05) is 17.7 Å². The topological polar surface area (TPSA) is 62.1 Å². The molecule has 1 heterocycles. The molecule has 0 saturated carbocycles. The van der Waals surface area contributed by atoms with E-state index in [-0.39, 0.29) is 11.7 Å². The number of carbonyl (C=O) groups excluding carboxylic acids is 1. The van der Waals surface area contributed by atoms with E-state index in [9.17, 15) is 9.18 Å². The van der Waals surface area contributed by atoms with Gasteiger partial charge in [-0.2, -0.15) is 0 Å². The molecule has 0 aliphatic heterocycles. The monoisotopic (exact) mass is 283 g/mol. The van der Waals surface area contributed by atoms with Gasteiger partial charge in [0, 0.05) is 35.5 Å². The summed E-state index contributed by atoms with van der Waals surface area (Å²) in [6, 6.07) is 11.3. The van der Waals surface area contributed by atoms with Crippen LogP contribution in [0.25, 0.3) is 10.9 Å². The molecule has 21 heavy (non-hydrogen) atoms. The van der Waals surface area contributed by atoms with E-state index in [4.69, 9.17) is 5.73 Å². The molecule has 0 unspecified atom stereocenters. The van der Waals surface area contributed by atoms with Gasteiger partial charge in [-0.25, -0.2) is 4.39 Å². The maximum absolute atomic E-state index is 13.3. The highest BCUT2D eigenvalue weighted by Gasteiger charge is 2.18. The summed E-state index contributed by atoms with van der Waals surface area (Å²) in [6.07, 6.45) is 1.64. The summed E-state index contributed by atoms with van der Waals surface area (Å²) in [5, 5.41) is 0.753. The van der Waals surface area contributed by atoms with E-state index < -0.39 is 0 Å². The molecule has 106 valence electrons. The molecule has 3 rings (SSSR count). The SMILES string of the molecule is CN(C(=O)c1c[nH]c2ccc(N)cc12)c1cccc(F)c1. The van der Waals surface area contributed by atoms with E-state index in [1.807, 2.05) is 6.07 Å². The molecule has 5 heteroatoms. The first-order chi connectivity index (χ1) is 10.1. The van der Waals surface area contributed by atoms with Gasteiger partial charge in [-0.1, -0.05) is 6.07 Å². The summed E-state index contributed by atoms with van der Waals surface area (Å²) in [5.41, 5.74) is 8.19. The molecule has 1 amide bonds. The predicted molar refractivity (Wildman–Crippen MR) is 81.8 cm³/mol. The van der Waals surface area contributed by atoms with E-state index in [0.29, 0.717) is 16.9 Å². The normalized spacial score (nSPS) is 10.8. The number of anilines is 2. The molecule has 2 aromatic carbocycles. The molecule has 0 atom stereocenters. The minimum atomic E-state index is -0.379. The van der Waals surface area contributed by atoms with Crippen molar-refractivity contribution >= 4 is 28.2 Å². The summed E-state index contributed by atoms with van der Waals surface area (Å²) >= 11 is 0. The molecule has 0 radical (unpaired) electrons. The molecule has 0 spiro atoms. The van der Waals surface area contributed by atoms with Crippen LogP contribution in [0.5, 0.6) is 0 Å². The Bertz CT molecular complexity index is 825. The van der Waals surface area contributed by atoms with Crippen molar-refractivity contribution in [1.82, 2.24) is 4.98 Å². The Morgan fingerprint density at radius 3 is 2.81 bits per heavy atom. The second-order valence-electron chi connectivity index (χ2n) is 4.85. The average molecular weight is 283 g/mol. The first kappa shape index (κ1) is 13.2. The fourth-order valence-corrected chi connectivity index (χ4v) is 2.30. The largest absolute Gasteiger partial charge is 0.399 e. The number of nitrogen functional groups attached to an aromatic ring is 1. The van der Waals surface area contributed by atoms with Crippen molar-refractivity contribution in [3.63, 3.8) is 0 Å². The van der Waals surface area contributed by atoms with E-state index in [1.54, 1.807) is 37.5 Å². The van der Waals surface area contributed by atoms with Gasteiger partial charge in [-0.3, -0.25) is 4.79 Å². The number of carbonyl (C=O) groups is 1. The van der Waals surface area contributed by atoms with E-state index in [1.165, 1.54) is 17.0 Å². The third-order valence-corrected chi connectivity index (χ3v) is 3.44. The number of amides is 1. The quantitative estimate of drug-likeness (QED) is 0.710. The highest BCUT2D eigenvalue weighted by atomic mass is 19.1. The average Bonchev–Trinajstić information content (AvgIpc) is 2.88. The van der Waals surface area contributed by atoms with Crippen LogP contribution < -0.4 is 10.6 Å². The van der Waals surface area contributed by atoms with Gasteiger partial charge < -0.3 is 15.6 Å². The summed E-state index contributed by atoms with van der Waals surface area (Å²) < 4.78 is 13.3. The molecule has 0 fully saturated rings. The lowest BCUT2D eigenvalue weighted by Crippen LogP contribution is -2.26. The number of nitrogens with zero attached hydrogens (tertiary/aromatic N) is 1. The fraction of sp³-hybridized carbons (Fsp3) is 0.0625. The van der Waals surface area contributed by atoms with E-state index in [2.05, 4.69) is 4.98 Å². The van der Waals surface area contributed by atoms with E-state index in [0.717, 1.165) is 10.9 Å². The van der Waals surface area contributed by atoms with Crippen molar-refractivity contribution < 1.29 is 9.18 Å². The van der Waals surface area contributed by atoms with Gasteiger partial charge in [0.15, 0.2) is 0 Å². The second-order valence-corrected chi connectivity index (χ2v) is 4.85. The molecular weight excluding hydrogens is 269 g/mol. The van der Waals surface area contributed by atoms with Crippen molar-refractivity contribution in [1.29, 1.82) is 0 Å². The first-order valence-corrected chi connectivity index (χ1v) is 6.46. The van der Waals surface area contributed by atoms with Crippen LogP contribution in [0.1, 0.15) is 10.4 Å². The van der Waals surface area contributed by atoms with Crippen LogP contribution in [-0.4, -0.2) is 17.9 Å². The number of nitrogens with two attached hydrogens (primary N) is 1. The molecule has 1 aromatic heterocycles. The van der Waals surface area contributed by atoms with Crippen molar-refractivity contribution in [2.24, 2.45) is 0 Å². The van der Waals surface area contributed by atoms with E-state index >= 15 is 0 Å². The van der Waals surface area contributed by atoms with Gasteiger partial charge in [0.25, 0.3) is 5.91 Å². The number of benzene rings is 2. The number of nitrogens with one attached hydrogen (secondary N) is 1. The second kappa shape index (κ2) is 4.94. The van der Waals surface area contributed by atoms with Crippen LogP contribution in [0.15, 0.2) is 48.7 Å². The van der Waals surface area contributed by atoms with Gasteiger partial charge >= 0.3 is 0 Å². The lowest BCUT2D eigenvalue weighted by atomic mass is 10.1. The number of fused-ring (bicyclic) bond motifs is 1. The highest BCUT2D eigenvalue weighted by molar-refractivity contribution is 6.14. The smallest absolute Gasteiger partial charge is 0.260 e. The van der Waals surface area contributed by atoms with Gasteiger partial charge in [0.2, 0.25) is 0 Å². The van der Waals surface area contributed by atoms with Crippen molar-refractivity contribution in [3.8, 4) is 0 Å². The molecule has 4 nitrogen and oxygen atoms in total. The number of hydrogen-bond acceptors (Lipinski definition) is 2. The summed E-state index contributed by atoms with van der Waals surface area (Å²) in [6.45, 7) is 0. The summed E-state index contributed by atoms with van der Waals surface area (Å²) in [5.74, 6) is -0.604. The van der Waals surface area contributed by atoms with Crippen LogP contribution in [0.3, 0.4) is 0 Å². The van der Waals surface area contributed by atoms with Crippen LogP contribution in [0.4, 0.5) is 15.8 Å². The number of hydrogen-bond donors (Lipinski definition) is 2. The standard InChI is InChI=1S/C16H14FN3O/c1-20(12-4-2-3-10(17)7-12)16(21)14-9-19-15-6-5-11(18)8-13(14)15/h2-9,19H,18H2,1H3. The number of H-pyrrole nitrogens is 1. The predicted octanol–water partition coefficient (Wildman–Crippen LogP) is 3.17. The van der Waals surface area contributed by atoms with Gasteiger partial charge in [0.05, 0.1) is 5.56 Å². The van der Waals surface area contributed by atoms with Crippen LogP contribution in [0.2, 0.25) is 0 Å². The Kier molecular flexibility index (Phi) is 3.10. The van der Waals surface area contributed by atoms with Gasteiger partial charge in [-0.05, 0) is 36.4 Å². The fourth-order valence-electron chi connectivity index (χ4n) is 2.30. The van der Waals surface area contributed by atoms with Crippen LogP contribution in [0, 0.1) is 5.82 Å². The molecule has 3 N–H and O–H groups in total. The number of aromatic amines is 1. The maximum Gasteiger partial charge on any atom is 0.260 e. The molecule has 0 aliphatic carbocycles. The Labute approximate surface area is 121 Å². The highest BCUT2D eigenvalue weighted by Crippen LogP contribution is 2.24. The Hall–Kier alpha value is -2.82. The molecule has 0 aliphatic rings. The molecular formula is C16H14FN3O. The zero-order valence-electron chi connectivity index (χ0n) is 11.4. The van der Waals surface area contributed by atoms with Crippen molar-refractivity contribution in [3.05, 3.63) is 60.0 Å². The minimum Gasteiger partial charge on any atom is -0.399 e. The summed E-state index contributed by atoms with van der Waals surface area (Å²) in [4.78, 5) is 17.0. The number of aromatic nitrogens is 1. The zero-order chi connectivity index (χ0) is 15.0. The zero-order valence-corrected chi connectivity index (χ0v) is 11.4. The lowest BCUT2D eigenvalue weighted by molar-refractivity contribution is 0.0994. The number of rotatable bonds is 2. The third kappa shape index (κ3) is 2.33. The van der Waals surface area contributed by atoms with Crippen LogP contribution >= 0.6 is 0 Å². The third-order valence-electron chi connectivity index (χ3n) is 3.44. The Morgan fingerprint density at radius 2 is 2.05 bits per heavy atom. The number of halogens is 1. The molecule has 0 saturated heterocycles. The maximum atomic E-state index is 13.3. The van der Waals surface area contributed by atoms with Crippen molar-refractivity contribution in [2.45, 2.75) is 0 Å². The Balaban J connectivity index is 2.02. The molecule has 3 aromatic rings. The van der Waals surface area contributed by atoms with Gasteiger partial charge in [0.1, 0.15) is 5.82 Å². The summed E-state index contributed by atoms with van der Waals surface area (Å²) in [7, 11) is 1.61. The van der Waals surface area contributed by atoms with Gasteiger partial charge in [-0.15, -0.1) is 0 Å². The minimum absolute atomic E-state index is 0.225. The lowest BCUT2D eigenvalue weighted by Gasteiger charge is -2.17.